The molecule has 0 aliphatic carbocycles. The van der Waals surface area contributed by atoms with E-state index >= 15 is 0 Å². The molecule has 3 nitrogen and oxygen atoms in total. The lowest BCUT2D eigenvalue weighted by atomic mass is 9.97. The second kappa shape index (κ2) is 6.84. The van der Waals surface area contributed by atoms with Crippen LogP contribution in [0.4, 0.5) is 10.1 Å². The van der Waals surface area contributed by atoms with E-state index in [1.54, 1.807) is 6.07 Å². The number of rotatable bonds is 5. The van der Waals surface area contributed by atoms with Crippen LogP contribution >= 0.6 is 0 Å². The summed E-state index contributed by atoms with van der Waals surface area (Å²) in [5, 5.41) is 0. The third-order valence-electron chi connectivity index (χ3n) is 3.76. The first-order valence-electron chi connectivity index (χ1n) is 7.25. The maximum absolute atomic E-state index is 13.9. The van der Waals surface area contributed by atoms with Gasteiger partial charge in [-0.1, -0.05) is 6.07 Å². The molecule has 0 N–H and O–H groups in total. The highest BCUT2D eigenvalue weighted by atomic mass is 19.1. The first-order valence-corrected chi connectivity index (χ1v) is 7.25. The first kappa shape index (κ1) is 15.0. The van der Waals surface area contributed by atoms with Gasteiger partial charge >= 0.3 is 0 Å². The molecule has 1 unspecified atom stereocenters. The van der Waals surface area contributed by atoms with Gasteiger partial charge in [-0.25, -0.2) is 4.39 Å². The molecule has 1 saturated heterocycles. The van der Waals surface area contributed by atoms with Crippen LogP contribution in [0.3, 0.4) is 0 Å². The van der Waals surface area contributed by atoms with Gasteiger partial charge in [0, 0.05) is 19.7 Å². The van der Waals surface area contributed by atoms with Gasteiger partial charge in [0.05, 0.1) is 17.9 Å². The lowest BCUT2D eigenvalue weighted by Crippen LogP contribution is -2.38. The molecule has 0 amide bonds. The monoisotopic (exact) mass is 279 g/mol. The van der Waals surface area contributed by atoms with Crippen molar-refractivity contribution in [3.8, 4) is 0 Å². The minimum atomic E-state index is -0.429. The van der Waals surface area contributed by atoms with Gasteiger partial charge in [0.25, 0.3) is 0 Å². The van der Waals surface area contributed by atoms with Crippen molar-refractivity contribution in [2.24, 2.45) is 5.92 Å². The minimum absolute atomic E-state index is 0.213. The molecule has 0 aromatic heterocycles. The standard InChI is InChI=1S/C16H22FNO2/c1-3-20-11-13-6-5-9-18(10-13)15-8-4-7-14(17)16(15)12(2)19/h4,7-8,13H,3,5-6,9-11H2,1-2H3. The number of anilines is 1. The van der Waals surface area contributed by atoms with Crippen LogP contribution in [0, 0.1) is 11.7 Å². The van der Waals surface area contributed by atoms with Gasteiger partial charge in [-0.05, 0) is 44.7 Å². The molecule has 1 heterocycles. The maximum Gasteiger partial charge on any atom is 0.164 e. The molecular formula is C16H22FNO2. The largest absolute Gasteiger partial charge is 0.381 e. The number of halogens is 1. The Morgan fingerprint density at radius 2 is 2.30 bits per heavy atom. The fraction of sp³-hybridized carbons (Fsp3) is 0.562. The summed E-state index contributed by atoms with van der Waals surface area (Å²) in [6, 6.07) is 4.86. The SMILES string of the molecule is CCOCC1CCCN(c2cccc(F)c2C(C)=O)C1. The quantitative estimate of drug-likeness (QED) is 0.775. The molecule has 1 atom stereocenters. The molecule has 1 fully saturated rings. The number of ether oxygens (including phenoxy) is 1. The van der Waals surface area contributed by atoms with Crippen LogP contribution < -0.4 is 4.90 Å². The van der Waals surface area contributed by atoms with Gasteiger partial charge in [0.2, 0.25) is 0 Å². The van der Waals surface area contributed by atoms with Crippen LogP contribution in [0.5, 0.6) is 0 Å². The third-order valence-corrected chi connectivity index (χ3v) is 3.76. The summed E-state index contributed by atoms with van der Waals surface area (Å²) in [6.07, 6.45) is 2.17. The van der Waals surface area contributed by atoms with Crippen LogP contribution in [0.15, 0.2) is 18.2 Å². The predicted octanol–water partition coefficient (Wildman–Crippen LogP) is 3.28. The van der Waals surface area contributed by atoms with Gasteiger partial charge in [-0.2, -0.15) is 0 Å². The predicted molar refractivity (Wildman–Crippen MR) is 77.8 cm³/mol. The van der Waals surface area contributed by atoms with E-state index in [1.807, 2.05) is 13.0 Å². The van der Waals surface area contributed by atoms with Gasteiger partial charge in [0.15, 0.2) is 5.78 Å². The summed E-state index contributed by atoms with van der Waals surface area (Å²) in [5.74, 6) is -0.196. The molecular weight excluding hydrogens is 257 g/mol. The van der Waals surface area contributed by atoms with Gasteiger partial charge in [-0.15, -0.1) is 0 Å². The summed E-state index contributed by atoms with van der Waals surface area (Å²) in [6.45, 7) is 6.55. The fourth-order valence-electron chi connectivity index (χ4n) is 2.83. The highest BCUT2D eigenvalue weighted by molar-refractivity contribution is 6.00. The highest BCUT2D eigenvalue weighted by Gasteiger charge is 2.24. The summed E-state index contributed by atoms with van der Waals surface area (Å²) < 4.78 is 19.4. The second-order valence-corrected chi connectivity index (χ2v) is 5.30. The van der Waals surface area contributed by atoms with Crippen LogP contribution in [0.25, 0.3) is 0 Å². The van der Waals surface area contributed by atoms with E-state index in [0.717, 1.165) is 44.8 Å². The van der Waals surface area contributed by atoms with E-state index < -0.39 is 5.82 Å². The Morgan fingerprint density at radius 3 is 3.00 bits per heavy atom. The van der Waals surface area contributed by atoms with E-state index in [4.69, 9.17) is 4.74 Å². The number of carbonyl (C=O) groups excluding carboxylic acids is 1. The first-order chi connectivity index (χ1) is 9.63. The van der Waals surface area contributed by atoms with Crippen LogP contribution in [-0.2, 0) is 4.74 Å². The Kier molecular flexibility index (Phi) is 5.12. The summed E-state index contributed by atoms with van der Waals surface area (Å²) in [5.41, 5.74) is 0.934. The molecule has 0 saturated carbocycles. The Morgan fingerprint density at radius 1 is 1.50 bits per heavy atom. The van der Waals surface area contributed by atoms with Crippen LogP contribution in [0.2, 0.25) is 0 Å². The number of carbonyl (C=O) groups is 1. The van der Waals surface area contributed by atoms with Gasteiger partial charge in [0.1, 0.15) is 5.82 Å². The third kappa shape index (κ3) is 3.37. The number of benzene rings is 1. The number of hydrogen-bond acceptors (Lipinski definition) is 3. The molecule has 0 spiro atoms. The molecule has 1 aromatic rings. The highest BCUT2D eigenvalue weighted by Crippen LogP contribution is 2.28. The minimum Gasteiger partial charge on any atom is -0.381 e. The lowest BCUT2D eigenvalue weighted by molar-refractivity contribution is 0.101. The van der Waals surface area contributed by atoms with Crippen molar-refractivity contribution < 1.29 is 13.9 Å². The zero-order valence-corrected chi connectivity index (χ0v) is 12.2. The molecule has 0 radical (unpaired) electrons. The number of hydrogen-bond donors (Lipinski definition) is 0. The molecule has 1 aliphatic heterocycles. The Balaban J connectivity index is 2.18. The molecule has 1 aromatic carbocycles. The Hall–Kier alpha value is -1.42. The van der Waals surface area contributed by atoms with Gasteiger partial charge in [-0.3, -0.25) is 4.79 Å². The average molecular weight is 279 g/mol. The number of nitrogens with zero attached hydrogens (tertiary/aromatic N) is 1. The summed E-state index contributed by atoms with van der Waals surface area (Å²) in [7, 11) is 0. The second-order valence-electron chi connectivity index (χ2n) is 5.30. The lowest BCUT2D eigenvalue weighted by Gasteiger charge is -2.35. The van der Waals surface area contributed by atoms with E-state index in [9.17, 15) is 9.18 Å². The van der Waals surface area contributed by atoms with E-state index in [2.05, 4.69) is 4.90 Å². The summed E-state index contributed by atoms with van der Waals surface area (Å²) in [4.78, 5) is 13.8. The van der Waals surface area contributed by atoms with Crippen LogP contribution in [0.1, 0.15) is 37.0 Å². The van der Waals surface area contributed by atoms with E-state index in [-0.39, 0.29) is 11.3 Å². The number of ketones is 1. The smallest absolute Gasteiger partial charge is 0.164 e. The topological polar surface area (TPSA) is 29.5 Å². The molecule has 4 heteroatoms. The van der Waals surface area contributed by atoms with Crippen molar-refractivity contribution in [1.29, 1.82) is 0 Å². The number of Topliss-reactive ketones (excluding diaryl/α,β-unsaturated/α-hetero) is 1. The molecule has 0 bridgehead atoms. The van der Waals surface area contributed by atoms with Crippen LogP contribution in [-0.4, -0.2) is 32.1 Å². The van der Waals surface area contributed by atoms with E-state index in [1.165, 1.54) is 13.0 Å². The normalized spacial score (nSPS) is 19.1. The zero-order chi connectivity index (χ0) is 14.5. The van der Waals surface area contributed by atoms with Crippen molar-refractivity contribution in [1.82, 2.24) is 0 Å². The fourth-order valence-corrected chi connectivity index (χ4v) is 2.83. The molecule has 2 rings (SSSR count). The zero-order valence-electron chi connectivity index (χ0n) is 12.2. The summed E-state index contributed by atoms with van der Waals surface area (Å²) >= 11 is 0. The maximum atomic E-state index is 13.9. The van der Waals surface area contributed by atoms with Crippen molar-refractivity contribution in [3.05, 3.63) is 29.6 Å². The average Bonchev–Trinajstić information content (AvgIpc) is 2.44. The van der Waals surface area contributed by atoms with Crippen molar-refractivity contribution in [2.45, 2.75) is 26.7 Å². The van der Waals surface area contributed by atoms with Crippen molar-refractivity contribution in [2.75, 3.05) is 31.2 Å². The van der Waals surface area contributed by atoms with E-state index in [0.29, 0.717) is 5.92 Å². The Bertz CT molecular complexity index is 476. The van der Waals surface area contributed by atoms with Crippen molar-refractivity contribution >= 4 is 11.5 Å². The van der Waals surface area contributed by atoms with Gasteiger partial charge < -0.3 is 9.64 Å². The number of piperidine rings is 1. The Labute approximate surface area is 119 Å². The molecule has 20 heavy (non-hydrogen) atoms. The molecule has 1 aliphatic rings. The van der Waals surface area contributed by atoms with Crippen molar-refractivity contribution in [3.63, 3.8) is 0 Å². The molecule has 110 valence electrons.